The molecule has 2 bridgehead atoms. The highest BCUT2D eigenvalue weighted by molar-refractivity contribution is 5.99. The molecule has 3 heterocycles. The Labute approximate surface area is 100 Å². The number of ketones is 1. The van der Waals surface area contributed by atoms with Crippen LogP contribution in [0.4, 0.5) is 0 Å². The molecule has 2 aliphatic rings. The number of Topliss-reactive ketones (excluding diaryl/α,β-unsaturated/α-hetero) is 1. The van der Waals surface area contributed by atoms with Gasteiger partial charge in [0.2, 0.25) is 0 Å². The Morgan fingerprint density at radius 3 is 3.06 bits per heavy atom. The molecule has 0 spiro atoms. The molecule has 0 aliphatic carbocycles. The maximum atomic E-state index is 12.4. The van der Waals surface area contributed by atoms with Crippen molar-refractivity contribution in [2.45, 2.75) is 31.3 Å². The quantitative estimate of drug-likeness (QED) is 0.801. The van der Waals surface area contributed by atoms with Crippen molar-refractivity contribution in [3.63, 3.8) is 0 Å². The topological polar surface area (TPSA) is 51.2 Å². The van der Waals surface area contributed by atoms with Gasteiger partial charge in [0.25, 0.3) is 0 Å². The summed E-state index contributed by atoms with van der Waals surface area (Å²) in [6.45, 7) is 0. The van der Waals surface area contributed by atoms with Gasteiger partial charge in [-0.3, -0.25) is 4.79 Å². The van der Waals surface area contributed by atoms with E-state index in [-0.39, 0.29) is 11.7 Å². The second kappa shape index (κ2) is 4.11. The third kappa shape index (κ3) is 1.72. The molecule has 0 saturated carbocycles. The van der Waals surface area contributed by atoms with E-state index in [2.05, 4.69) is 10.3 Å². The lowest BCUT2D eigenvalue weighted by molar-refractivity contribution is 0.0892. The molecule has 3 rings (SSSR count). The summed E-state index contributed by atoms with van der Waals surface area (Å²) in [5, 5.41) is 3.48. The first-order chi connectivity index (χ1) is 8.29. The molecule has 90 valence electrons. The monoisotopic (exact) mass is 232 g/mol. The number of nitrogens with one attached hydrogen (secondary N) is 1. The van der Waals surface area contributed by atoms with Crippen molar-refractivity contribution in [3.05, 3.63) is 24.0 Å². The lowest BCUT2D eigenvalue weighted by Gasteiger charge is -2.19. The summed E-state index contributed by atoms with van der Waals surface area (Å²) < 4.78 is 5.20. The summed E-state index contributed by atoms with van der Waals surface area (Å²) in [5.74, 6) is 0.792. The molecule has 0 amide bonds. The van der Waals surface area contributed by atoms with E-state index >= 15 is 0 Å². The molecular weight excluding hydrogens is 216 g/mol. The standard InChI is InChI=1S/C13H16N2O2/c1-17-11-3-2-6-14-12(11)13(16)9-7-8-4-5-10(9)15-8/h2-3,6,8-10,15H,4-5,7H2,1H3. The van der Waals surface area contributed by atoms with Crippen LogP contribution in [-0.2, 0) is 0 Å². The van der Waals surface area contributed by atoms with Crippen LogP contribution in [0.2, 0.25) is 0 Å². The summed E-state index contributed by atoms with van der Waals surface area (Å²) in [5.41, 5.74) is 0.481. The van der Waals surface area contributed by atoms with Crippen molar-refractivity contribution >= 4 is 5.78 Å². The van der Waals surface area contributed by atoms with E-state index in [4.69, 9.17) is 4.74 Å². The Kier molecular flexibility index (Phi) is 2.59. The maximum absolute atomic E-state index is 12.4. The van der Waals surface area contributed by atoms with Crippen molar-refractivity contribution in [1.29, 1.82) is 0 Å². The maximum Gasteiger partial charge on any atom is 0.189 e. The molecule has 4 nitrogen and oxygen atoms in total. The van der Waals surface area contributed by atoms with E-state index in [0.29, 0.717) is 23.5 Å². The van der Waals surface area contributed by atoms with Gasteiger partial charge in [0.1, 0.15) is 11.4 Å². The summed E-state index contributed by atoms with van der Waals surface area (Å²) >= 11 is 0. The van der Waals surface area contributed by atoms with E-state index in [1.165, 1.54) is 6.42 Å². The Balaban J connectivity index is 1.86. The average Bonchev–Trinajstić information content (AvgIpc) is 3.00. The van der Waals surface area contributed by atoms with Crippen LogP contribution in [0, 0.1) is 5.92 Å². The lowest BCUT2D eigenvalue weighted by atomic mass is 9.85. The first kappa shape index (κ1) is 10.7. The minimum atomic E-state index is 0.0811. The number of nitrogens with zero attached hydrogens (tertiary/aromatic N) is 1. The van der Waals surface area contributed by atoms with E-state index in [0.717, 1.165) is 12.8 Å². The van der Waals surface area contributed by atoms with Crippen molar-refractivity contribution in [1.82, 2.24) is 10.3 Å². The smallest absolute Gasteiger partial charge is 0.189 e. The van der Waals surface area contributed by atoms with E-state index in [1.54, 1.807) is 25.4 Å². The number of ether oxygens (including phenoxy) is 1. The predicted molar refractivity (Wildman–Crippen MR) is 63.2 cm³/mol. The molecule has 4 heteroatoms. The van der Waals surface area contributed by atoms with Crippen molar-refractivity contribution in [3.8, 4) is 5.75 Å². The number of carbonyl (C=O) groups is 1. The summed E-state index contributed by atoms with van der Waals surface area (Å²) in [4.78, 5) is 16.6. The molecule has 0 aromatic carbocycles. The highest BCUT2D eigenvalue weighted by Gasteiger charge is 2.43. The third-order valence-corrected chi connectivity index (χ3v) is 3.86. The molecule has 1 aromatic heterocycles. The normalized spacial score (nSPS) is 30.5. The van der Waals surface area contributed by atoms with Crippen LogP contribution in [0.15, 0.2) is 18.3 Å². The zero-order valence-corrected chi connectivity index (χ0v) is 9.85. The van der Waals surface area contributed by atoms with Crippen LogP contribution in [0.25, 0.3) is 0 Å². The molecule has 1 aromatic rings. The van der Waals surface area contributed by atoms with Crippen LogP contribution >= 0.6 is 0 Å². The zero-order chi connectivity index (χ0) is 11.8. The number of methoxy groups -OCH3 is 1. The van der Waals surface area contributed by atoms with Crippen LogP contribution in [0.1, 0.15) is 29.8 Å². The number of fused-ring (bicyclic) bond motifs is 2. The van der Waals surface area contributed by atoms with Crippen LogP contribution in [0.5, 0.6) is 5.75 Å². The number of rotatable bonds is 3. The van der Waals surface area contributed by atoms with Crippen molar-refractivity contribution < 1.29 is 9.53 Å². The number of pyridine rings is 1. The molecule has 3 unspecified atom stereocenters. The van der Waals surface area contributed by atoms with Crippen LogP contribution in [0.3, 0.4) is 0 Å². The van der Waals surface area contributed by atoms with Gasteiger partial charge < -0.3 is 10.1 Å². The molecule has 2 saturated heterocycles. The Morgan fingerprint density at radius 1 is 1.53 bits per heavy atom. The van der Waals surface area contributed by atoms with Gasteiger partial charge in [-0.05, 0) is 31.4 Å². The minimum Gasteiger partial charge on any atom is -0.494 e. The van der Waals surface area contributed by atoms with E-state index in [1.807, 2.05) is 0 Å². The van der Waals surface area contributed by atoms with Gasteiger partial charge in [-0.15, -0.1) is 0 Å². The number of carbonyl (C=O) groups excluding carboxylic acids is 1. The van der Waals surface area contributed by atoms with Crippen molar-refractivity contribution in [2.24, 2.45) is 5.92 Å². The predicted octanol–water partition coefficient (Wildman–Crippen LogP) is 1.41. The zero-order valence-electron chi connectivity index (χ0n) is 9.85. The van der Waals surface area contributed by atoms with Crippen molar-refractivity contribution in [2.75, 3.05) is 7.11 Å². The lowest BCUT2D eigenvalue weighted by Crippen LogP contribution is -2.29. The third-order valence-electron chi connectivity index (χ3n) is 3.86. The fourth-order valence-electron chi connectivity index (χ4n) is 3.03. The Bertz CT molecular complexity index is 447. The molecule has 17 heavy (non-hydrogen) atoms. The minimum absolute atomic E-state index is 0.0811. The van der Waals surface area contributed by atoms with Gasteiger partial charge in [0.05, 0.1) is 7.11 Å². The fourth-order valence-corrected chi connectivity index (χ4v) is 3.03. The Hall–Kier alpha value is -1.42. The van der Waals surface area contributed by atoms with Gasteiger partial charge in [0.15, 0.2) is 5.78 Å². The van der Waals surface area contributed by atoms with Crippen LogP contribution < -0.4 is 10.1 Å². The second-order valence-corrected chi connectivity index (χ2v) is 4.81. The largest absolute Gasteiger partial charge is 0.494 e. The Morgan fingerprint density at radius 2 is 2.41 bits per heavy atom. The van der Waals surface area contributed by atoms with Gasteiger partial charge in [-0.1, -0.05) is 0 Å². The van der Waals surface area contributed by atoms with E-state index in [9.17, 15) is 4.79 Å². The van der Waals surface area contributed by atoms with Gasteiger partial charge >= 0.3 is 0 Å². The van der Waals surface area contributed by atoms with Crippen LogP contribution in [-0.4, -0.2) is 30.0 Å². The highest BCUT2D eigenvalue weighted by atomic mass is 16.5. The molecule has 0 radical (unpaired) electrons. The SMILES string of the molecule is COc1cccnc1C(=O)C1CC2CCC1N2. The average molecular weight is 232 g/mol. The molecule has 2 aliphatic heterocycles. The molecular formula is C13H16N2O2. The summed E-state index contributed by atoms with van der Waals surface area (Å²) in [6.07, 6.45) is 4.91. The molecule has 2 fully saturated rings. The number of aromatic nitrogens is 1. The molecule has 3 atom stereocenters. The van der Waals surface area contributed by atoms with Gasteiger partial charge in [0, 0.05) is 24.2 Å². The first-order valence-corrected chi connectivity index (χ1v) is 6.09. The highest BCUT2D eigenvalue weighted by Crippen LogP contribution is 2.36. The second-order valence-electron chi connectivity index (χ2n) is 4.81. The number of hydrogen-bond donors (Lipinski definition) is 1. The first-order valence-electron chi connectivity index (χ1n) is 6.09. The number of hydrogen-bond acceptors (Lipinski definition) is 4. The van der Waals surface area contributed by atoms with Gasteiger partial charge in [-0.2, -0.15) is 0 Å². The summed E-state index contributed by atoms with van der Waals surface area (Å²) in [7, 11) is 1.58. The molecule has 1 N–H and O–H groups in total. The van der Waals surface area contributed by atoms with Gasteiger partial charge in [-0.25, -0.2) is 4.98 Å². The summed E-state index contributed by atoms with van der Waals surface area (Å²) in [6, 6.07) is 4.46. The fraction of sp³-hybridized carbons (Fsp3) is 0.538. The van der Waals surface area contributed by atoms with E-state index < -0.39 is 0 Å².